The Labute approximate surface area is 190 Å². The van der Waals surface area contributed by atoms with Gasteiger partial charge in [0.15, 0.2) is 12.1 Å². The Balaban J connectivity index is 2.96. The number of primary amides is 1. The van der Waals surface area contributed by atoms with Gasteiger partial charge in [0, 0.05) is 12.8 Å². The van der Waals surface area contributed by atoms with E-state index in [0.29, 0.717) is 18.8 Å². The zero-order chi connectivity index (χ0) is 24.3. The molecule has 0 spiro atoms. The molecule has 0 bridgehead atoms. The molecule has 2 amide bonds. The van der Waals surface area contributed by atoms with Crippen LogP contribution in [0, 0.1) is 5.92 Å². The average molecular weight is 450 g/mol. The van der Waals surface area contributed by atoms with E-state index in [1.54, 1.807) is 39.0 Å². The van der Waals surface area contributed by atoms with Gasteiger partial charge in [-0.2, -0.15) is 0 Å². The highest BCUT2D eigenvalue weighted by Crippen LogP contribution is 2.14. The van der Waals surface area contributed by atoms with Gasteiger partial charge in [-0.25, -0.2) is 14.4 Å². The van der Waals surface area contributed by atoms with Crippen molar-refractivity contribution >= 4 is 18.0 Å². The predicted octanol–water partition coefficient (Wildman–Crippen LogP) is 2.67. The first-order valence-corrected chi connectivity index (χ1v) is 10.8. The maximum atomic E-state index is 13.0. The Morgan fingerprint density at radius 2 is 1.81 bits per heavy atom. The maximum absolute atomic E-state index is 13.0. The molecule has 1 aromatic carbocycles. The third-order valence-electron chi connectivity index (χ3n) is 4.40. The third kappa shape index (κ3) is 10.9. The Bertz CT molecular complexity index is 768. The smallest absolute Gasteiger partial charge is 0.408 e. The topological polar surface area (TPSA) is 119 Å². The number of hydrogen-bond acceptors (Lipinski definition) is 5. The number of alkyl carbamates (subject to hydrolysis) is 1. The van der Waals surface area contributed by atoms with Gasteiger partial charge < -0.3 is 19.9 Å². The van der Waals surface area contributed by atoms with E-state index in [0.717, 1.165) is 12.0 Å². The molecule has 0 radical (unpaired) electrons. The second kappa shape index (κ2) is 12.9. The van der Waals surface area contributed by atoms with E-state index in [-0.39, 0.29) is 12.3 Å². The number of carbonyl (C=O) groups is 3. The fourth-order valence-electron chi connectivity index (χ4n) is 2.95. The Hall–Kier alpha value is -2.87. The fraction of sp³-hybridized carbons (Fsp3) is 0.542. The summed E-state index contributed by atoms with van der Waals surface area (Å²) in [6.07, 6.45) is 2.29. The molecule has 8 nitrogen and oxygen atoms in total. The van der Waals surface area contributed by atoms with Crippen LogP contribution >= 0.6 is 0 Å². The molecule has 1 aromatic rings. The zero-order valence-electron chi connectivity index (χ0n) is 19.7. The first-order valence-electron chi connectivity index (χ1n) is 10.8. The summed E-state index contributed by atoms with van der Waals surface area (Å²) in [4.78, 5) is 36.9. The molecule has 0 saturated heterocycles. The second-order valence-corrected chi connectivity index (χ2v) is 9.12. The van der Waals surface area contributed by atoms with Gasteiger partial charge in [0.2, 0.25) is 0 Å². The fourth-order valence-corrected chi connectivity index (χ4v) is 2.95. The summed E-state index contributed by atoms with van der Waals surface area (Å²) < 4.78 is 10.9. The second-order valence-electron chi connectivity index (χ2n) is 9.12. The van der Waals surface area contributed by atoms with Gasteiger partial charge in [0.05, 0.1) is 6.61 Å². The molecule has 0 aromatic heterocycles. The van der Waals surface area contributed by atoms with Crippen molar-refractivity contribution in [2.75, 3.05) is 6.61 Å². The number of carboxylic acid groups (broad SMARTS) is 1. The number of rotatable bonds is 12. The Morgan fingerprint density at radius 1 is 1.19 bits per heavy atom. The molecule has 8 heteroatoms. The molecule has 0 heterocycles. The van der Waals surface area contributed by atoms with E-state index < -0.39 is 35.7 Å². The van der Waals surface area contributed by atoms with Crippen molar-refractivity contribution in [2.24, 2.45) is 5.92 Å². The number of amides is 2. The summed E-state index contributed by atoms with van der Waals surface area (Å²) in [5, 5.41) is 13.3. The lowest BCUT2D eigenvalue weighted by Gasteiger charge is -2.23. The predicted molar refractivity (Wildman–Crippen MR) is 121 cm³/mol. The quantitative estimate of drug-likeness (QED) is 0.333. The van der Waals surface area contributed by atoms with Gasteiger partial charge in [0.1, 0.15) is 11.4 Å². The molecule has 1 rings (SSSR count). The van der Waals surface area contributed by atoms with Gasteiger partial charge in [-0.1, -0.05) is 32.1 Å². The van der Waals surface area contributed by atoms with Crippen LogP contribution in [0.1, 0.15) is 53.0 Å². The van der Waals surface area contributed by atoms with E-state index in [1.807, 2.05) is 26.0 Å². The van der Waals surface area contributed by atoms with Crippen LogP contribution in [0.2, 0.25) is 0 Å². The number of benzene rings is 1. The highest BCUT2D eigenvalue weighted by Gasteiger charge is 2.32. The lowest BCUT2D eigenvalue weighted by molar-refractivity contribution is -0.597. The number of aliphatic carboxylic acids is 1. The normalized spacial score (nSPS) is 13.2. The molecule has 0 aliphatic heterocycles. The van der Waals surface area contributed by atoms with Crippen LogP contribution in [0.25, 0.3) is 0 Å². The molecular formula is C24H37N2O6+. The maximum Gasteiger partial charge on any atom is 0.408 e. The summed E-state index contributed by atoms with van der Waals surface area (Å²) >= 11 is 0. The minimum Gasteiger partial charge on any atom is -0.493 e. The third-order valence-corrected chi connectivity index (χ3v) is 4.40. The molecule has 0 aliphatic rings. The molecule has 0 fully saturated rings. The van der Waals surface area contributed by atoms with Crippen LogP contribution < -0.4 is 15.4 Å². The molecular weight excluding hydrogens is 412 g/mol. The van der Waals surface area contributed by atoms with Crippen LogP contribution in [0.3, 0.4) is 0 Å². The van der Waals surface area contributed by atoms with Crippen molar-refractivity contribution in [1.29, 1.82) is 0 Å². The summed E-state index contributed by atoms with van der Waals surface area (Å²) in [5.74, 6) is -0.738. The number of quaternary nitrogens is 1. The van der Waals surface area contributed by atoms with Crippen molar-refractivity contribution in [3.05, 3.63) is 42.5 Å². The summed E-state index contributed by atoms with van der Waals surface area (Å²) in [6, 6.07) is 5.32. The lowest BCUT2D eigenvalue weighted by Crippen LogP contribution is -2.97. The van der Waals surface area contributed by atoms with Crippen LogP contribution in [0.5, 0.6) is 5.75 Å². The van der Waals surface area contributed by atoms with Crippen molar-refractivity contribution in [3.63, 3.8) is 0 Å². The standard InChI is InChI=1S/C24H36N2O6/c1-7-8-13-31-18-11-9-17(10-12-18)15-19(26-23(30)32-24(4,5)6)21(27)25-20(22(28)29)14-16(2)3/h7,9-12,16,19-20H,1,8,13-15H2,2-6H3,(H,25,27)(H,26,30)(H,28,29)/p+1/t19-,20-/m0/s1. The van der Waals surface area contributed by atoms with Crippen molar-refractivity contribution in [1.82, 2.24) is 5.32 Å². The largest absolute Gasteiger partial charge is 0.493 e. The van der Waals surface area contributed by atoms with Gasteiger partial charge in [-0.3, -0.25) is 5.32 Å². The molecule has 0 saturated carbocycles. The monoisotopic (exact) mass is 449 g/mol. The Morgan fingerprint density at radius 3 is 2.31 bits per heavy atom. The van der Waals surface area contributed by atoms with Gasteiger partial charge in [-0.05, 0) is 50.8 Å². The number of nitrogens with two attached hydrogens (primary N) is 1. The first kappa shape index (κ1) is 27.2. The highest BCUT2D eigenvalue weighted by atomic mass is 16.6. The summed E-state index contributed by atoms with van der Waals surface area (Å²) in [5.41, 5.74) is 0.0622. The van der Waals surface area contributed by atoms with Crippen molar-refractivity contribution in [2.45, 2.75) is 71.6 Å². The number of carbonyl (C=O) groups excluding carboxylic acids is 2. The van der Waals surface area contributed by atoms with E-state index in [1.165, 1.54) is 5.32 Å². The zero-order valence-corrected chi connectivity index (χ0v) is 19.7. The molecule has 4 N–H and O–H groups in total. The van der Waals surface area contributed by atoms with Crippen LogP contribution in [-0.2, 0) is 20.7 Å². The highest BCUT2D eigenvalue weighted by molar-refractivity contribution is 5.81. The van der Waals surface area contributed by atoms with E-state index in [9.17, 15) is 19.5 Å². The molecule has 178 valence electrons. The molecule has 0 aliphatic carbocycles. The van der Waals surface area contributed by atoms with Crippen LogP contribution in [0.15, 0.2) is 36.9 Å². The number of nitrogens with one attached hydrogen (secondary N) is 1. The van der Waals surface area contributed by atoms with Gasteiger partial charge >= 0.3 is 18.0 Å². The molecule has 0 unspecified atom stereocenters. The minimum absolute atomic E-state index is 0.103. The van der Waals surface area contributed by atoms with Gasteiger partial charge in [0.25, 0.3) is 0 Å². The van der Waals surface area contributed by atoms with Crippen LogP contribution in [0.4, 0.5) is 4.79 Å². The van der Waals surface area contributed by atoms with Crippen molar-refractivity contribution in [3.8, 4) is 5.75 Å². The van der Waals surface area contributed by atoms with E-state index in [4.69, 9.17) is 9.47 Å². The van der Waals surface area contributed by atoms with Gasteiger partial charge in [-0.15, -0.1) is 6.58 Å². The van der Waals surface area contributed by atoms with E-state index >= 15 is 0 Å². The number of carboxylic acids is 1. The number of hydrogen-bond donors (Lipinski definition) is 3. The summed E-state index contributed by atoms with van der Waals surface area (Å²) in [7, 11) is 0. The summed E-state index contributed by atoms with van der Waals surface area (Å²) in [6.45, 7) is 13.1. The average Bonchev–Trinajstić information content (AvgIpc) is 2.66. The minimum atomic E-state index is -1.07. The number of ether oxygens (including phenoxy) is 2. The van der Waals surface area contributed by atoms with Crippen LogP contribution in [-0.4, -0.2) is 47.4 Å². The van der Waals surface area contributed by atoms with E-state index in [2.05, 4.69) is 11.9 Å². The first-order chi connectivity index (χ1) is 14.9. The SMILES string of the molecule is C=CCCOc1ccc(C[C@H](NC(=O)OC(C)(C)C)C(=O)[NH2+][C@@H](CC(C)C)C(=O)O)cc1. The Kier molecular flexibility index (Phi) is 10.9. The molecule has 32 heavy (non-hydrogen) atoms. The molecule has 2 atom stereocenters. The van der Waals surface area contributed by atoms with Crippen molar-refractivity contribution < 1.29 is 34.3 Å². The lowest BCUT2D eigenvalue weighted by atomic mass is 10.0.